The minimum Gasteiger partial charge on any atom is -0.465 e. The molecule has 5 heteroatoms. The summed E-state index contributed by atoms with van der Waals surface area (Å²) in [7, 11) is 1.36. The molecule has 0 saturated heterocycles. The van der Waals surface area contributed by atoms with E-state index >= 15 is 0 Å². The van der Waals surface area contributed by atoms with Crippen LogP contribution < -0.4 is 0 Å². The predicted octanol–water partition coefficient (Wildman–Crippen LogP) is 1.80. The number of benzene rings is 1. The molecule has 0 radical (unpaired) electrons. The zero-order chi connectivity index (χ0) is 11.7. The summed E-state index contributed by atoms with van der Waals surface area (Å²) in [6, 6.07) is 5.35. The summed E-state index contributed by atoms with van der Waals surface area (Å²) in [4.78, 5) is 13.0. The molecule has 1 aromatic carbocycles. The van der Waals surface area contributed by atoms with Gasteiger partial charge < -0.3 is 4.74 Å². The van der Waals surface area contributed by atoms with Gasteiger partial charge in [-0.15, -0.1) is 0 Å². The minimum absolute atomic E-state index is 0.203. The fourth-order valence-electron chi connectivity index (χ4n) is 1.41. The van der Waals surface area contributed by atoms with Crippen LogP contribution in [0.1, 0.15) is 30.2 Å². The third-order valence-corrected chi connectivity index (χ3v) is 2.28. The molecule has 1 aromatic heterocycles. The maximum Gasteiger partial charge on any atom is 0.337 e. The van der Waals surface area contributed by atoms with E-state index in [1.165, 1.54) is 7.11 Å². The van der Waals surface area contributed by atoms with Gasteiger partial charge in [-0.25, -0.2) is 4.79 Å². The molecule has 5 nitrogen and oxygen atoms in total. The number of hydrogen-bond donors (Lipinski definition) is 0. The van der Waals surface area contributed by atoms with Gasteiger partial charge in [0.15, 0.2) is 0 Å². The second-order valence-electron chi connectivity index (χ2n) is 3.81. The maximum atomic E-state index is 11.3. The second-order valence-corrected chi connectivity index (χ2v) is 3.81. The molecule has 0 fully saturated rings. The van der Waals surface area contributed by atoms with Gasteiger partial charge in [-0.3, -0.25) is 0 Å². The van der Waals surface area contributed by atoms with Crippen molar-refractivity contribution in [2.24, 2.45) is 0 Å². The molecule has 16 heavy (non-hydrogen) atoms. The highest BCUT2D eigenvalue weighted by Crippen LogP contribution is 2.14. The fraction of sp³-hybridized carbons (Fsp3) is 0.364. The molecule has 0 amide bonds. The van der Waals surface area contributed by atoms with Gasteiger partial charge in [-0.2, -0.15) is 15.0 Å². The van der Waals surface area contributed by atoms with Crippen LogP contribution in [-0.4, -0.2) is 28.1 Å². The van der Waals surface area contributed by atoms with Crippen LogP contribution in [0.25, 0.3) is 11.0 Å². The third-order valence-electron chi connectivity index (χ3n) is 2.28. The summed E-state index contributed by atoms with van der Waals surface area (Å²) in [5, 5.41) is 8.58. The number of carbonyl (C=O) groups excluding carboxylic acids is 1. The summed E-state index contributed by atoms with van der Waals surface area (Å²) >= 11 is 0. The maximum absolute atomic E-state index is 11.3. The average molecular weight is 219 g/mol. The van der Waals surface area contributed by atoms with Crippen molar-refractivity contribution in [1.29, 1.82) is 0 Å². The van der Waals surface area contributed by atoms with Crippen LogP contribution in [0.5, 0.6) is 0 Å². The first-order valence-corrected chi connectivity index (χ1v) is 5.06. The van der Waals surface area contributed by atoms with Crippen molar-refractivity contribution in [3.63, 3.8) is 0 Å². The molecule has 0 aliphatic carbocycles. The Kier molecular flexibility index (Phi) is 2.60. The smallest absolute Gasteiger partial charge is 0.337 e. The van der Waals surface area contributed by atoms with Crippen molar-refractivity contribution in [1.82, 2.24) is 15.0 Å². The van der Waals surface area contributed by atoms with Gasteiger partial charge in [-0.05, 0) is 32.0 Å². The van der Waals surface area contributed by atoms with E-state index in [0.717, 1.165) is 5.52 Å². The van der Waals surface area contributed by atoms with Gasteiger partial charge in [0.2, 0.25) is 0 Å². The van der Waals surface area contributed by atoms with Crippen molar-refractivity contribution in [2.75, 3.05) is 7.11 Å². The number of hydrogen-bond acceptors (Lipinski definition) is 4. The lowest BCUT2D eigenvalue weighted by atomic mass is 10.2. The number of esters is 1. The van der Waals surface area contributed by atoms with E-state index in [0.29, 0.717) is 11.1 Å². The lowest BCUT2D eigenvalue weighted by Gasteiger charge is -1.99. The van der Waals surface area contributed by atoms with Crippen LogP contribution in [0.4, 0.5) is 0 Å². The van der Waals surface area contributed by atoms with E-state index in [1.54, 1.807) is 23.0 Å². The lowest BCUT2D eigenvalue weighted by Crippen LogP contribution is -2.04. The zero-order valence-corrected chi connectivity index (χ0v) is 9.47. The van der Waals surface area contributed by atoms with E-state index in [2.05, 4.69) is 14.9 Å². The summed E-state index contributed by atoms with van der Waals surface area (Å²) in [5.41, 5.74) is 1.98. The van der Waals surface area contributed by atoms with E-state index in [1.807, 2.05) is 13.8 Å². The first kappa shape index (κ1) is 10.6. The molecule has 1 heterocycles. The largest absolute Gasteiger partial charge is 0.465 e. The SMILES string of the molecule is COC(=O)c1ccc2nn(C(C)C)nc2c1. The Morgan fingerprint density at radius 2 is 2.00 bits per heavy atom. The molecular weight excluding hydrogens is 206 g/mol. The Morgan fingerprint density at radius 3 is 2.62 bits per heavy atom. The Hall–Kier alpha value is -1.91. The molecule has 0 N–H and O–H groups in total. The molecule has 0 aliphatic rings. The Morgan fingerprint density at radius 1 is 1.31 bits per heavy atom. The van der Waals surface area contributed by atoms with Crippen molar-refractivity contribution < 1.29 is 9.53 Å². The first-order valence-electron chi connectivity index (χ1n) is 5.06. The van der Waals surface area contributed by atoms with Crippen molar-refractivity contribution in [3.8, 4) is 0 Å². The highest BCUT2D eigenvalue weighted by molar-refractivity contribution is 5.93. The second kappa shape index (κ2) is 3.92. The Bertz CT molecular complexity index is 531. The van der Waals surface area contributed by atoms with E-state index in [-0.39, 0.29) is 12.0 Å². The van der Waals surface area contributed by atoms with E-state index in [4.69, 9.17) is 0 Å². The Balaban J connectivity index is 2.49. The third kappa shape index (κ3) is 1.76. The number of aromatic nitrogens is 3. The molecule has 0 atom stereocenters. The van der Waals surface area contributed by atoms with Gasteiger partial charge in [0, 0.05) is 0 Å². The van der Waals surface area contributed by atoms with Crippen molar-refractivity contribution >= 4 is 17.0 Å². The average Bonchev–Trinajstić information content (AvgIpc) is 2.70. The number of carbonyl (C=O) groups is 1. The zero-order valence-electron chi connectivity index (χ0n) is 9.47. The standard InChI is InChI=1S/C11H13N3O2/c1-7(2)14-12-9-5-4-8(11(15)16-3)6-10(9)13-14/h4-7H,1-3H3. The van der Waals surface area contributed by atoms with Crippen LogP contribution in [0.2, 0.25) is 0 Å². The number of ether oxygens (including phenoxy) is 1. The van der Waals surface area contributed by atoms with Crippen LogP contribution in [0.15, 0.2) is 18.2 Å². The molecule has 0 bridgehead atoms. The molecule has 0 spiro atoms. The Labute approximate surface area is 93.0 Å². The highest BCUT2D eigenvalue weighted by Gasteiger charge is 2.10. The summed E-state index contributed by atoms with van der Waals surface area (Å²) in [6.45, 7) is 4.00. The van der Waals surface area contributed by atoms with Crippen LogP contribution in [0.3, 0.4) is 0 Å². The number of methoxy groups -OCH3 is 1. The van der Waals surface area contributed by atoms with E-state index in [9.17, 15) is 4.79 Å². The normalized spacial score (nSPS) is 11.0. The van der Waals surface area contributed by atoms with Crippen LogP contribution >= 0.6 is 0 Å². The molecule has 2 aromatic rings. The summed E-state index contributed by atoms with van der Waals surface area (Å²) in [5.74, 6) is -0.360. The summed E-state index contributed by atoms with van der Waals surface area (Å²) < 4.78 is 4.65. The highest BCUT2D eigenvalue weighted by atomic mass is 16.5. The monoisotopic (exact) mass is 219 g/mol. The van der Waals surface area contributed by atoms with E-state index < -0.39 is 0 Å². The molecule has 2 rings (SSSR count). The first-order chi connectivity index (χ1) is 7.61. The van der Waals surface area contributed by atoms with Gasteiger partial charge >= 0.3 is 5.97 Å². The fourth-order valence-corrected chi connectivity index (χ4v) is 1.41. The molecule has 0 saturated carbocycles. The van der Waals surface area contributed by atoms with Gasteiger partial charge in [0.25, 0.3) is 0 Å². The topological polar surface area (TPSA) is 57.0 Å². The lowest BCUT2D eigenvalue weighted by molar-refractivity contribution is 0.0601. The number of rotatable bonds is 2. The van der Waals surface area contributed by atoms with Gasteiger partial charge in [-0.1, -0.05) is 0 Å². The molecule has 0 unspecified atom stereocenters. The molecule has 84 valence electrons. The molecular formula is C11H13N3O2. The van der Waals surface area contributed by atoms with Gasteiger partial charge in [0.05, 0.1) is 18.7 Å². The van der Waals surface area contributed by atoms with Gasteiger partial charge in [0.1, 0.15) is 11.0 Å². The van der Waals surface area contributed by atoms with Crippen molar-refractivity contribution in [3.05, 3.63) is 23.8 Å². The minimum atomic E-state index is -0.360. The summed E-state index contributed by atoms with van der Waals surface area (Å²) in [6.07, 6.45) is 0. The van der Waals surface area contributed by atoms with Crippen LogP contribution in [0, 0.1) is 0 Å². The van der Waals surface area contributed by atoms with Crippen LogP contribution in [-0.2, 0) is 4.74 Å². The quantitative estimate of drug-likeness (QED) is 0.723. The number of fused-ring (bicyclic) bond motifs is 1. The number of nitrogens with zero attached hydrogens (tertiary/aromatic N) is 3. The molecule has 0 aliphatic heterocycles. The predicted molar refractivity (Wildman–Crippen MR) is 59.3 cm³/mol. The van der Waals surface area contributed by atoms with Crippen molar-refractivity contribution in [2.45, 2.75) is 19.9 Å².